The van der Waals surface area contributed by atoms with Crippen LogP contribution in [-0.4, -0.2) is 24.3 Å². The number of hydrogen-bond acceptors (Lipinski definition) is 4. The molecule has 1 fully saturated rings. The number of ether oxygens (including phenoxy) is 2. The first-order valence-corrected chi connectivity index (χ1v) is 6.60. The minimum Gasteiger partial charge on any atom is -0.474 e. The average Bonchev–Trinajstić information content (AvgIpc) is 2.39. The average molecular weight is 250 g/mol. The second-order valence-corrected chi connectivity index (χ2v) is 4.98. The van der Waals surface area contributed by atoms with E-state index < -0.39 is 0 Å². The summed E-state index contributed by atoms with van der Waals surface area (Å²) in [5.74, 6) is 0.673. The molecule has 3 unspecified atom stereocenters. The molecule has 4 nitrogen and oxygen atoms in total. The Balaban J connectivity index is 1.98. The van der Waals surface area contributed by atoms with Gasteiger partial charge in [-0.2, -0.15) is 0 Å². The molecule has 0 bridgehead atoms. The Labute approximate surface area is 108 Å². The van der Waals surface area contributed by atoms with Gasteiger partial charge in [-0.3, -0.25) is 0 Å². The van der Waals surface area contributed by atoms with E-state index in [4.69, 9.17) is 15.2 Å². The molecule has 4 heteroatoms. The minimum absolute atomic E-state index is 0.00781. The van der Waals surface area contributed by atoms with Crippen molar-refractivity contribution in [2.24, 2.45) is 5.73 Å². The van der Waals surface area contributed by atoms with Crippen molar-refractivity contribution < 1.29 is 9.47 Å². The molecule has 2 N–H and O–H groups in total. The van der Waals surface area contributed by atoms with Crippen LogP contribution in [-0.2, 0) is 4.74 Å². The van der Waals surface area contributed by atoms with Gasteiger partial charge >= 0.3 is 0 Å². The van der Waals surface area contributed by atoms with Gasteiger partial charge in [0, 0.05) is 31.8 Å². The normalized spacial score (nSPS) is 25.7. The van der Waals surface area contributed by atoms with E-state index >= 15 is 0 Å². The van der Waals surface area contributed by atoms with E-state index in [0.29, 0.717) is 12.0 Å². The summed E-state index contributed by atoms with van der Waals surface area (Å²) in [5.41, 5.74) is 6.91. The second-order valence-electron chi connectivity index (χ2n) is 4.98. The molecule has 0 saturated heterocycles. The number of hydrogen-bond donors (Lipinski definition) is 1. The van der Waals surface area contributed by atoms with Crippen LogP contribution >= 0.6 is 0 Å². The second kappa shape index (κ2) is 6.16. The lowest BCUT2D eigenvalue weighted by molar-refractivity contribution is 0.0195. The topological polar surface area (TPSA) is 57.4 Å². The first kappa shape index (κ1) is 13.3. The number of nitrogens with two attached hydrogens (primary N) is 1. The highest BCUT2D eigenvalue weighted by atomic mass is 16.5. The van der Waals surface area contributed by atoms with Gasteiger partial charge in [0.1, 0.15) is 6.10 Å². The highest BCUT2D eigenvalue weighted by molar-refractivity contribution is 5.23. The fourth-order valence-electron chi connectivity index (χ4n) is 2.37. The molecule has 0 spiro atoms. The van der Waals surface area contributed by atoms with Gasteiger partial charge in [0.15, 0.2) is 0 Å². The smallest absolute Gasteiger partial charge is 0.213 e. The molecule has 100 valence electrons. The van der Waals surface area contributed by atoms with E-state index in [2.05, 4.69) is 4.98 Å². The predicted molar refractivity (Wildman–Crippen MR) is 70.5 cm³/mol. The maximum absolute atomic E-state index is 5.93. The Morgan fingerprint density at radius 1 is 1.39 bits per heavy atom. The third-order valence-electron chi connectivity index (χ3n) is 3.48. The molecule has 0 amide bonds. The van der Waals surface area contributed by atoms with E-state index in [1.54, 1.807) is 13.3 Å². The van der Waals surface area contributed by atoms with Crippen LogP contribution in [0.15, 0.2) is 18.3 Å². The molecule has 18 heavy (non-hydrogen) atoms. The Morgan fingerprint density at radius 2 is 2.17 bits per heavy atom. The highest BCUT2D eigenvalue weighted by Gasteiger charge is 2.23. The van der Waals surface area contributed by atoms with Crippen molar-refractivity contribution in [2.75, 3.05) is 7.11 Å². The van der Waals surface area contributed by atoms with Crippen LogP contribution in [0.2, 0.25) is 0 Å². The van der Waals surface area contributed by atoms with Gasteiger partial charge < -0.3 is 15.2 Å². The van der Waals surface area contributed by atoms with Crippen LogP contribution in [0.25, 0.3) is 0 Å². The van der Waals surface area contributed by atoms with Gasteiger partial charge in [0.25, 0.3) is 0 Å². The summed E-state index contributed by atoms with van der Waals surface area (Å²) in [4.78, 5) is 4.25. The zero-order valence-corrected chi connectivity index (χ0v) is 11.1. The molecule has 1 saturated carbocycles. The van der Waals surface area contributed by atoms with Crippen LogP contribution in [0.5, 0.6) is 5.88 Å². The van der Waals surface area contributed by atoms with Gasteiger partial charge in [0.2, 0.25) is 5.88 Å². The maximum Gasteiger partial charge on any atom is 0.213 e. The van der Waals surface area contributed by atoms with Gasteiger partial charge in [-0.05, 0) is 37.8 Å². The Kier molecular flexibility index (Phi) is 4.55. The van der Waals surface area contributed by atoms with E-state index in [0.717, 1.165) is 31.2 Å². The molecular formula is C14H22N2O2. The third kappa shape index (κ3) is 3.43. The Morgan fingerprint density at radius 3 is 2.89 bits per heavy atom. The molecule has 1 aliphatic rings. The minimum atomic E-state index is 0.00781. The van der Waals surface area contributed by atoms with Gasteiger partial charge in [0.05, 0.1) is 6.10 Å². The number of nitrogens with zero attached hydrogens (tertiary/aromatic N) is 1. The number of methoxy groups -OCH3 is 1. The van der Waals surface area contributed by atoms with Crippen molar-refractivity contribution in [1.82, 2.24) is 4.98 Å². The van der Waals surface area contributed by atoms with Gasteiger partial charge in [-0.15, -0.1) is 0 Å². The van der Waals surface area contributed by atoms with E-state index in [9.17, 15) is 0 Å². The fourth-order valence-corrected chi connectivity index (χ4v) is 2.37. The SMILES string of the molecule is COC1CCCC(Oc2cc(C(C)N)ccn2)C1. The maximum atomic E-state index is 5.93. The number of pyridine rings is 1. The van der Waals surface area contributed by atoms with Crippen LogP contribution in [0.3, 0.4) is 0 Å². The zero-order valence-electron chi connectivity index (χ0n) is 11.1. The standard InChI is InChI=1S/C14H22N2O2/c1-10(15)11-6-7-16-14(8-11)18-13-5-3-4-12(9-13)17-2/h6-8,10,12-13H,3-5,9,15H2,1-2H3. The first-order valence-electron chi connectivity index (χ1n) is 6.60. The zero-order chi connectivity index (χ0) is 13.0. The number of rotatable bonds is 4. The van der Waals surface area contributed by atoms with Crippen molar-refractivity contribution in [2.45, 2.75) is 50.9 Å². The molecule has 2 rings (SSSR count). The van der Waals surface area contributed by atoms with E-state index in [1.807, 2.05) is 19.1 Å². The molecule has 1 aromatic rings. The predicted octanol–water partition coefficient (Wildman–Crippen LogP) is 2.44. The monoisotopic (exact) mass is 250 g/mol. The molecule has 1 heterocycles. The first-order chi connectivity index (χ1) is 8.69. The van der Waals surface area contributed by atoms with E-state index in [1.165, 1.54) is 0 Å². The molecular weight excluding hydrogens is 228 g/mol. The Hall–Kier alpha value is -1.13. The van der Waals surface area contributed by atoms with E-state index in [-0.39, 0.29) is 12.1 Å². The number of aromatic nitrogens is 1. The summed E-state index contributed by atoms with van der Waals surface area (Å²) in [6.07, 6.45) is 6.58. The van der Waals surface area contributed by atoms with Crippen LogP contribution < -0.4 is 10.5 Å². The van der Waals surface area contributed by atoms with Crippen LogP contribution in [0.4, 0.5) is 0 Å². The molecule has 0 aliphatic heterocycles. The highest BCUT2D eigenvalue weighted by Crippen LogP contribution is 2.25. The largest absolute Gasteiger partial charge is 0.474 e. The summed E-state index contributed by atoms with van der Waals surface area (Å²) in [5, 5.41) is 0. The van der Waals surface area contributed by atoms with Gasteiger partial charge in [-0.25, -0.2) is 4.98 Å². The van der Waals surface area contributed by atoms with Crippen LogP contribution in [0, 0.1) is 0 Å². The van der Waals surface area contributed by atoms with Crippen molar-refractivity contribution in [3.8, 4) is 5.88 Å². The Bertz CT molecular complexity index is 382. The summed E-state index contributed by atoms with van der Waals surface area (Å²) in [6, 6.07) is 3.87. The summed E-state index contributed by atoms with van der Waals surface area (Å²) in [7, 11) is 1.77. The molecule has 3 atom stereocenters. The fraction of sp³-hybridized carbons (Fsp3) is 0.643. The molecule has 0 radical (unpaired) electrons. The van der Waals surface area contributed by atoms with Crippen LogP contribution in [0.1, 0.15) is 44.2 Å². The lowest BCUT2D eigenvalue weighted by atomic mass is 9.95. The lowest BCUT2D eigenvalue weighted by Gasteiger charge is -2.28. The van der Waals surface area contributed by atoms with Crippen molar-refractivity contribution in [3.63, 3.8) is 0 Å². The summed E-state index contributed by atoms with van der Waals surface area (Å²) >= 11 is 0. The van der Waals surface area contributed by atoms with Crippen molar-refractivity contribution >= 4 is 0 Å². The molecule has 0 aromatic carbocycles. The lowest BCUT2D eigenvalue weighted by Crippen LogP contribution is -2.29. The summed E-state index contributed by atoms with van der Waals surface area (Å²) in [6.45, 7) is 1.96. The quantitative estimate of drug-likeness (QED) is 0.891. The van der Waals surface area contributed by atoms with Gasteiger partial charge in [-0.1, -0.05) is 0 Å². The summed E-state index contributed by atoms with van der Waals surface area (Å²) < 4.78 is 11.3. The van der Waals surface area contributed by atoms with Crippen molar-refractivity contribution in [3.05, 3.63) is 23.9 Å². The molecule has 1 aromatic heterocycles. The van der Waals surface area contributed by atoms with Crippen molar-refractivity contribution in [1.29, 1.82) is 0 Å². The third-order valence-corrected chi connectivity index (χ3v) is 3.48. The molecule has 1 aliphatic carbocycles.